The van der Waals surface area contributed by atoms with E-state index in [-0.39, 0.29) is 11.8 Å². The van der Waals surface area contributed by atoms with Gasteiger partial charge in [0, 0.05) is 31.9 Å². The molecule has 26 heavy (non-hydrogen) atoms. The zero-order valence-corrected chi connectivity index (χ0v) is 14.8. The summed E-state index contributed by atoms with van der Waals surface area (Å²) >= 11 is 0. The van der Waals surface area contributed by atoms with Crippen molar-refractivity contribution in [2.24, 2.45) is 11.7 Å². The van der Waals surface area contributed by atoms with Gasteiger partial charge in [-0.3, -0.25) is 4.79 Å². The third kappa shape index (κ3) is 4.62. The number of hydrogen-bond donors (Lipinski definition) is 2. The summed E-state index contributed by atoms with van der Waals surface area (Å²) in [4.78, 5) is 13.7. The minimum atomic E-state index is -0.198. The van der Waals surface area contributed by atoms with E-state index in [0.717, 1.165) is 43.7 Å². The first kappa shape index (κ1) is 18.0. The van der Waals surface area contributed by atoms with E-state index >= 15 is 0 Å². The maximum absolute atomic E-state index is 11.4. The van der Waals surface area contributed by atoms with Gasteiger partial charge < -0.3 is 16.0 Å². The summed E-state index contributed by atoms with van der Waals surface area (Å²) in [5.74, 6) is -0.245. The van der Waals surface area contributed by atoms with E-state index in [1.807, 2.05) is 24.3 Å². The quantitative estimate of drug-likeness (QED) is 0.840. The lowest BCUT2D eigenvalue weighted by atomic mass is 9.97. The number of amides is 1. The highest BCUT2D eigenvalue weighted by Gasteiger charge is 2.23. The number of carbonyl (C=O) groups excluding carboxylic acids is 1. The lowest BCUT2D eigenvalue weighted by Gasteiger charge is -2.33. The molecule has 3 rings (SSSR count). The Kier molecular flexibility index (Phi) is 5.88. The predicted molar refractivity (Wildman–Crippen MR) is 102 cm³/mol. The smallest absolute Gasteiger partial charge is 0.222 e. The summed E-state index contributed by atoms with van der Waals surface area (Å²) in [6.45, 7) is 3.17. The van der Waals surface area contributed by atoms with Crippen LogP contribution in [0.3, 0.4) is 0 Å². The number of rotatable bonds is 6. The fourth-order valence-corrected chi connectivity index (χ4v) is 3.37. The highest BCUT2D eigenvalue weighted by molar-refractivity contribution is 5.77. The maximum atomic E-state index is 11.4. The van der Waals surface area contributed by atoms with Gasteiger partial charge in [-0.1, -0.05) is 24.3 Å². The molecule has 1 aliphatic rings. The van der Waals surface area contributed by atoms with Crippen LogP contribution in [0.15, 0.2) is 48.5 Å². The van der Waals surface area contributed by atoms with E-state index in [0.29, 0.717) is 12.1 Å². The Morgan fingerprint density at radius 3 is 2.69 bits per heavy atom. The number of primary amides is 1. The molecule has 134 valence electrons. The molecule has 5 heteroatoms. The van der Waals surface area contributed by atoms with Crippen LogP contribution in [0.4, 0.5) is 5.69 Å². The third-order valence-corrected chi connectivity index (χ3v) is 4.84. The lowest BCUT2D eigenvalue weighted by molar-refractivity contribution is -0.122. The second-order valence-corrected chi connectivity index (χ2v) is 6.77. The van der Waals surface area contributed by atoms with Gasteiger partial charge in [0.2, 0.25) is 5.91 Å². The SMILES string of the molecule is N#Cc1cccc(CNCc2ccc(N3CCCC(C(N)=O)C3)cc2)c1. The third-order valence-electron chi connectivity index (χ3n) is 4.84. The number of nitrogens with two attached hydrogens (primary N) is 1. The average molecular weight is 348 g/mol. The van der Waals surface area contributed by atoms with Crippen molar-refractivity contribution in [2.75, 3.05) is 18.0 Å². The molecule has 0 spiro atoms. The van der Waals surface area contributed by atoms with Crippen molar-refractivity contribution in [3.63, 3.8) is 0 Å². The van der Waals surface area contributed by atoms with Gasteiger partial charge >= 0.3 is 0 Å². The molecule has 0 aliphatic carbocycles. The summed E-state index contributed by atoms with van der Waals surface area (Å²) in [6, 6.07) is 18.2. The first-order chi connectivity index (χ1) is 12.7. The van der Waals surface area contributed by atoms with Gasteiger partial charge in [0.05, 0.1) is 17.6 Å². The monoisotopic (exact) mass is 348 g/mol. The Morgan fingerprint density at radius 2 is 1.96 bits per heavy atom. The van der Waals surface area contributed by atoms with E-state index in [4.69, 9.17) is 11.0 Å². The van der Waals surface area contributed by atoms with Gasteiger partial charge in [-0.15, -0.1) is 0 Å². The number of nitriles is 1. The standard InChI is InChI=1S/C21H24N4O/c22-12-17-3-1-4-18(11-17)14-24-13-16-6-8-20(9-7-16)25-10-2-5-19(15-25)21(23)26/h1,3-4,6-9,11,19,24H,2,5,10,13-15H2,(H2,23,26). The van der Waals surface area contributed by atoms with E-state index in [1.54, 1.807) is 0 Å². The van der Waals surface area contributed by atoms with Crippen LogP contribution >= 0.6 is 0 Å². The molecule has 3 N–H and O–H groups in total. The molecule has 1 fully saturated rings. The molecule has 5 nitrogen and oxygen atoms in total. The van der Waals surface area contributed by atoms with Crippen molar-refractivity contribution in [1.29, 1.82) is 5.26 Å². The largest absolute Gasteiger partial charge is 0.371 e. The van der Waals surface area contributed by atoms with Crippen LogP contribution in [0.25, 0.3) is 0 Å². The molecule has 2 aromatic carbocycles. The van der Waals surface area contributed by atoms with Gasteiger partial charge in [-0.2, -0.15) is 5.26 Å². The van der Waals surface area contributed by atoms with Crippen LogP contribution in [-0.4, -0.2) is 19.0 Å². The summed E-state index contributed by atoms with van der Waals surface area (Å²) in [7, 11) is 0. The van der Waals surface area contributed by atoms with Crippen molar-refractivity contribution in [2.45, 2.75) is 25.9 Å². The van der Waals surface area contributed by atoms with Gasteiger partial charge in [-0.05, 0) is 48.2 Å². The van der Waals surface area contributed by atoms with E-state index in [2.05, 4.69) is 40.6 Å². The Hall–Kier alpha value is -2.84. The minimum Gasteiger partial charge on any atom is -0.371 e. The Labute approximate surface area is 154 Å². The zero-order valence-electron chi connectivity index (χ0n) is 14.8. The second kappa shape index (κ2) is 8.50. The van der Waals surface area contributed by atoms with Crippen molar-refractivity contribution >= 4 is 11.6 Å². The molecule has 1 atom stereocenters. The number of carbonyl (C=O) groups is 1. The molecule has 1 amide bonds. The number of hydrogen-bond acceptors (Lipinski definition) is 4. The van der Waals surface area contributed by atoms with Gasteiger partial charge in [-0.25, -0.2) is 0 Å². The number of benzene rings is 2. The molecule has 1 aliphatic heterocycles. The zero-order chi connectivity index (χ0) is 18.4. The maximum Gasteiger partial charge on any atom is 0.222 e. The summed E-state index contributed by atoms with van der Waals surface area (Å²) < 4.78 is 0. The molecule has 1 unspecified atom stereocenters. The Morgan fingerprint density at radius 1 is 1.19 bits per heavy atom. The van der Waals surface area contributed by atoms with Crippen molar-refractivity contribution in [3.8, 4) is 6.07 Å². The van der Waals surface area contributed by atoms with Crippen LogP contribution in [0.5, 0.6) is 0 Å². The molecule has 0 aromatic heterocycles. The van der Waals surface area contributed by atoms with Gasteiger partial charge in [0.1, 0.15) is 0 Å². The van der Waals surface area contributed by atoms with Crippen LogP contribution in [0.1, 0.15) is 29.5 Å². The number of piperidine rings is 1. The van der Waals surface area contributed by atoms with Crippen LogP contribution in [-0.2, 0) is 17.9 Å². The Balaban J connectivity index is 1.53. The number of nitrogens with zero attached hydrogens (tertiary/aromatic N) is 2. The molecule has 0 bridgehead atoms. The lowest BCUT2D eigenvalue weighted by Crippen LogP contribution is -2.41. The van der Waals surface area contributed by atoms with Crippen molar-refractivity contribution in [1.82, 2.24) is 5.32 Å². The van der Waals surface area contributed by atoms with Gasteiger partial charge in [0.15, 0.2) is 0 Å². The molecule has 2 aromatic rings. The van der Waals surface area contributed by atoms with E-state index in [9.17, 15) is 4.79 Å². The van der Waals surface area contributed by atoms with Crippen LogP contribution < -0.4 is 16.0 Å². The molecule has 1 saturated heterocycles. The predicted octanol–water partition coefficient (Wildman–Crippen LogP) is 2.55. The average Bonchev–Trinajstić information content (AvgIpc) is 2.69. The van der Waals surface area contributed by atoms with Gasteiger partial charge in [0.25, 0.3) is 0 Å². The minimum absolute atomic E-state index is 0.0470. The molecule has 0 radical (unpaired) electrons. The molecule has 1 heterocycles. The number of nitrogens with one attached hydrogen (secondary N) is 1. The van der Waals surface area contributed by atoms with Crippen molar-refractivity contribution in [3.05, 3.63) is 65.2 Å². The van der Waals surface area contributed by atoms with Crippen LogP contribution in [0, 0.1) is 17.2 Å². The summed E-state index contributed by atoms with van der Waals surface area (Å²) in [5, 5.41) is 12.4. The molecular formula is C21H24N4O. The fourth-order valence-electron chi connectivity index (χ4n) is 3.37. The Bertz CT molecular complexity index is 794. The second-order valence-electron chi connectivity index (χ2n) is 6.77. The fraction of sp³-hybridized carbons (Fsp3) is 0.333. The summed E-state index contributed by atoms with van der Waals surface area (Å²) in [6.07, 6.45) is 1.89. The first-order valence-electron chi connectivity index (χ1n) is 8.98. The normalized spacial score (nSPS) is 16.9. The molecule has 0 saturated carbocycles. The first-order valence-corrected chi connectivity index (χ1v) is 8.98. The number of anilines is 1. The van der Waals surface area contributed by atoms with Crippen LogP contribution in [0.2, 0.25) is 0 Å². The topological polar surface area (TPSA) is 82.2 Å². The highest BCUT2D eigenvalue weighted by Crippen LogP contribution is 2.23. The van der Waals surface area contributed by atoms with E-state index in [1.165, 1.54) is 5.56 Å². The highest BCUT2D eigenvalue weighted by atomic mass is 16.1. The summed E-state index contributed by atoms with van der Waals surface area (Å²) in [5.41, 5.74) is 9.59. The molecular weight excluding hydrogens is 324 g/mol. The van der Waals surface area contributed by atoms with Crippen molar-refractivity contribution < 1.29 is 4.79 Å². The van der Waals surface area contributed by atoms with E-state index < -0.39 is 0 Å².